The normalized spacial score (nSPS) is 11.2. The van der Waals surface area contributed by atoms with Gasteiger partial charge in [-0.3, -0.25) is 4.79 Å². The molecular formula is C22H20F3N3O2. The maximum atomic E-state index is 12.7. The summed E-state index contributed by atoms with van der Waals surface area (Å²) in [6, 6.07) is 14.3. The highest BCUT2D eigenvalue weighted by molar-refractivity contribution is 5.92. The van der Waals surface area contributed by atoms with Crippen molar-refractivity contribution in [3.8, 4) is 5.88 Å². The lowest BCUT2D eigenvalue weighted by atomic mass is 10.1. The van der Waals surface area contributed by atoms with Gasteiger partial charge in [0, 0.05) is 13.1 Å². The van der Waals surface area contributed by atoms with Gasteiger partial charge in [-0.15, -0.1) is 0 Å². The van der Waals surface area contributed by atoms with Crippen molar-refractivity contribution >= 4 is 5.91 Å². The molecule has 0 saturated carbocycles. The largest absolute Gasteiger partial charge is 0.472 e. The van der Waals surface area contributed by atoms with Crippen LogP contribution in [0.5, 0.6) is 5.88 Å². The van der Waals surface area contributed by atoms with Crippen molar-refractivity contribution < 1.29 is 22.7 Å². The van der Waals surface area contributed by atoms with Gasteiger partial charge in [0.1, 0.15) is 12.3 Å². The Morgan fingerprint density at radius 3 is 2.23 bits per heavy atom. The van der Waals surface area contributed by atoms with Gasteiger partial charge in [-0.25, -0.2) is 9.97 Å². The number of carbonyl (C=O) groups is 1. The number of amides is 1. The Kier molecular flexibility index (Phi) is 6.66. The maximum Gasteiger partial charge on any atom is 0.416 e. The third kappa shape index (κ3) is 5.56. The van der Waals surface area contributed by atoms with Crippen LogP contribution in [0.1, 0.15) is 34.1 Å². The number of ether oxygens (including phenoxy) is 1. The summed E-state index contributed by atoms with van der Waals surface area (Å²) in [4.78, 5) is 22.4. The highest BCUT2D eigenvalue weighted by Gasteiger charge is 2.30. The van der Waals surface area contributed by atoms with E-state index in [-0.39, 0.29) is 18.1 Å². The van der Waals surface area contributed by atoms with Crippen molar-refractivity contribution in [3.63, 3.8) is 0 Å². The number of benzene rings is 2. The molecule has 3 rings (SSSR count). The highest BCUT2D eigenvalue weighted by atomic mass is 19.4. The van der Waals surface area contributed by atoms with Gasteiger partial charge in [-0.1, -0.05) is 42.5 Å². The van der Waals surface area contributed by atoms with Crippen LogP contribution < -0.4 is 4.74 Å². The van der Waals surface area contributed by atoms with E-state index in [2.05, 4.69) is 9.97 Å². The molecule has 0 aliphatic rings. The van der Waals surface area contributed by atoms with E-state index in [4.69, 9.17) is 4.74 Å². The summed E-state index contributed by atoms with van der Waals surface area (Å²) >= 11 is 0. The predicted molar refractivity (Wildman–Crippen MR) is 105 cm³/mol. The van der Waals surface area contributed by atoms with Gasteiger partial charge in [-0.05, 0) is 30.2 Å². The molecule has 8 heteroatoms. The van der Waals surface area contributed by atoms with E-state index in [0.717, 1.165) is 17.7 Å². The second-order valence-electron chi connectivity index (χ2n) is 6.53. The van der Waals surface area contributed by atoms with E-state index < -0.39 is 11.7 Å². The molecule has 3 aromatic rings. The number of carbonyl (C=O) groups excluding carboxylic acids is 1. The SMILES string of the molecule is CCN(Cc1ccc(C(F)(F)F)cc1)C(=O)c1cnc(OCc2ccccc2)cn1. The van der Waals surface area contributed by atoms with Crippen LogP contribution in [0.3, 0.4) is 0 Å². The summed E-state index contributed by atoms with van der Waals surface area (Å²) in [7, 11) is 0. The van der Waals surface area contributed by atoms with E-state index in [0.29, 0.717) is 24.6 Å². The van der Waals surface area contributed by atoms with Crippen LogP contribution in [0.2, 0.25) is 0 Å². The number of aromatic nitrogens is 2. The standard InChI is InChI=1S/C22H20F3N3O2/c1-2-28(14-16-8-10-18(11-9-16)22(23,24)25)21(29)19-12-27-20(13-26-19)30-15-17-6-4-3-5-7-17/h3-13H,2,14-15H2,1H3. The minimum atomic E-state index is -4.39. The molecule has 1 heterocycles. The Balaban J connectivity index is 1.62. The molecule has 1 aromatic heterocycles. The Bertz CT molecular complexity index is 960. The smallest absolute Gasteiger partial charge is 0.416 e. The molecule has 0 spiro atoms. The molecule has 0 atom stereocenters. The van der Waals surface area contributed by atoms with E-state index in [1.165, 1.54) is 29.4 Å². The Morgan fingerprint density at radius 1 is 0.967 bits per heavy atom. The molecular weight excluding hydrogens is 395 g/mol. The molecule has 2 aromatic carbocycles. The summed E-state index contributed by atoms with van der Waals surface area (Å²) < 4.78 is 43.6. The fourth-order valence-corrected chi connectivity index (χ4v) is 2.74. The molecule has 0 aliphatic heterocycles. The summed E-state index contributed by atoms with van der Waals surface area (Å²) in [5.74, 6) is -0.0688. The Hall–Kier alpha value is -3.42. The number of hydrogen-bond donors (Lipinski definition) is 0. The fourth-order valence-electron chi connectivity index (χ4n) is 2.74. The zero-order valence-electron chi connectivity index (χ0n) is 16.3. The first-order valence-electron chi connectivity index (χ1n) is 9.31. The van der Waals surface area contributed by atoms with Crippen LogP contribution in [0.15, 0.2) is 67.0 Å². The van der Waals surface area contributed by atoms with Crippen LogP contribution >= 0.6 is 0 Å². The van der Waals surface area contributed by atoms with Gasteiger partial charge >= 0.3 is 6.18 Å². The molecule has 0 saturated heterocycles. The summed E-state index contributed by atoms with van der Waals surface area (Å²) in [5.41, 5.74) is 0.982. The molecule has 30 heavy (non-hydrogen) atoms. The van der Waals surface area contributed by atoms with Crippen LogP contribution in [-0.4, -0.2) is 27.3 Å². The van der Waals surface area contributed by atoms with Crippen LogP contribution in [-0.2, 0) is 19.3 Å². The average molecular weight is 415 g/mol. The Labute approximate surface area is 172 Å². The lowest BCUT2D eigenvalue weighted by Crippen LogP contribution is -2.31. The van der Waals surface area contributed by atoms with Gasteiger partial charge in [0.25, 0.3) is 5.91 Å². The van der Waals surface area contributed by atoms with Crippen molar-refractivity contribution in [1.29, 1.82) is 0 Å². The second kappa shape index (κ2) is 9.39. The average Bonchev–Trinajstić information content (AvgIpc) is 2.76. The zero-order chi connectivity index (χ0) is 21.6. The minimum absolute atomic E-state index is 0.135. The van der Waals surface area contributed by atoms with Crippen molar-refractivity contribution in [3.05, 3.63) is 89.4 Å². The lowest BCUT2D eigenvalue weighted by molar-refractivity contribution is -0.137. The number of halogens is 3. The molecule has 0 unspecified atom stereocenters. The zero-order valence-corrected chi connectivity index (χ0v) is 16.3. The number of alkyl halides is 3. The molecule has 156 valence electrons. The molecule has 0 bridgehead atoms. The molecule has 0 fully saturated rings. The predicted octanol–water partition coefficient (Wildman–Crippen LogP) is 4.74. The van der Waals surface area contributed by atoms with E-state index in [1.54, 1.807) is 6.92 Å². The van der Waals surface area contributed by atoms with Crippen molar-refractivity contribution in [2.75, 3.05) is 6.54 Å². The third-order valence-electron chi connectivity index (χ3n) is 4.40. The van der Waals surface area contributed by atoms with Crippen molar-refractivity contribution in [2.24, 2.45) is 0 Å². The third-order valence-corrected chi connectivity index (χ3v) is 4.40. The van der Waals surface area contributed by atoms with E-state index in [1.807, 2.05) is 30.3 Å². The van der Waals surface area contributed by atoms with E-state index in [9.17, 15) is 18.0 Å². The first-order chi connectivity index (χ1) is 14.4. The molecule has 0 N–H and O–H groups in total. The molecule has 0 radical (unpaired) electrons. The molecule has 5 nitrogen and oxygen atoms in total. The minimum Gasteiger partial charge on any atom is -0.472 e. The van der Waals surface area contributed by atoms with Crippen molar-refractivity contribution in [2.45, 2.75) is 26.3 Å². The second-order valence-corrected chi connectivity index (χ2v) is 6.53. The van der Waals surface area contributed by atoms with Crippen LogP contribution in [0, 0.1) is 0 Å². The van der Waals surface area contributed by atoms with Gasteiger partial charge in [-0.2, -0.15) is 13.2 Å². The first kappa shape index (κ1) is 21.3. The number of hydrogen-bond acceptors (Lipinski definition) is 4. The monoisotopic (exact) mass is 415 g/mol. The van der Waals surface area contributed by atoms with Crippen molar-refractivity contribution in [1.82, 2.24) is 14.9 Å². The Morgan fingerprint density at radius 2 is 1.67 bits per heavy atom. The van der Waals surface area contributed by atoms with E-state index >= 15 is 0 Å². The quantitative estimate of drug-likeness (QED) is 0.560. The summed E-state index contributed by atoms with van der Waals surface area (Å²) in [6.07, 6.45) is -1.68. The van der Waals surface area contributed by atoms with Gasteiger partial charge in [0.15, 0.2) is 0 Å². The number of nitrogens with zero attached hydrogens (tertiary/aromatic N) is 3. The first-order valence-corrected chi connectivity index (χ1v) is 9.31. The molecule has 0 aliphatic carbocycles. The number of rotatable bonds is 7. The molecule has 1 amide bonds. The van der Waals surface area contributed by atoms with Gasteiger partial charge in [0.05, 0.1) is 18.0 Å². The van der Waals surface area contributed by atoms with Crippen LogP contribution in [0.25, 0.3) is 0 Å². The topological polar surface area (TPSA) is 55.3 Å². The highest BCUT2D eigenvalue weighted by Crippen LogP contribution is 2.29. The maximum absolute atomic E-state index is 12.7. The lowest BCUT2D eigenvalue weighted by Gasteiger charge is -2.20. The van der Waals surface area contributed by atoms with Crippen LogP contribution in [0.4, 0.5) is 13.2 Å². The van der Waals surface area contributed by atoms with Gasteiger partial charge in [0.2, 0.25) is 5.88 Å². The summed E-state index contributed by atoms with van der Waals surface area (Å²) in [6.45, 7) is 2.65. The fraction of sp³-hybridized carbons (Fsp3) is 0.227. The summed E-state index contributed by atoms with van der Waals surface area (Å²) in [5, 5.41) is 0. The van der Waals surface area contributed by atoms with Gasteiger partial charge < -0.3 is 9.64 Å².